The molecule has 3 rings (SSSR count). The topological polar surface area (TPSA) is 136 Å². The summed E-state index contributed by atoms with van der Waals surface area (Å²) in [7, 11) is 1.71. The third-order valence-corrected chi connectivity index (χ3v) is 6.51. The lowest BCUT2D eigenvalue weighted by atomic mass is 9.86. The largest absolute Gasteiger partial charge is 0.512 e. The van der Waals surface area contributed by atoms with E-state index >= 15 is 0 Å². The second-order valence-electron chi connectivity index (χ2n) is 5.38. The third kappa shape index (κ3) is 2.63. The summed E-state index contributed by atoms with van der Waals surface area (Å²) >= 11 is 2.84. The molecular weight excluding hydrogens is 356 g/mol. The number of nitrogens with two attached hydrogens (primary N) is 1. The van der Waals surface area contributed by atoms with Crippen molar-refractivity contribution < 1.29 is 19.4 Å². The molecule has 1 aromatic rings. The minimum Gasteiger partial charge on any atom is -0.449 e. The Bertz CT molecular complexity index is 722. The fraction of sp³-hybridized carbons (Fsp3) is 0.583. The van der Waals surface area contributed by atoms with E-state index in [1.54, 1.807) is 7.05 Å². The first-order valence-corrected chi connectivity index (χ1v) is 9.14. The summed E-state index contributed by atoms with van der Waals surface area (Å²) in [5.41, 5.74) is 5.86. The lowest BCUT2D eigenvalue weighted by molar-refractivity contribution is -0.153. The predicted molar refractivity (Wildman–Crippen MR) is 86.0 cm³/mol. The van der Waals surface area contributed by atoms with Crippen LogP contribution < -0.4 is 5.73 Å². The highest BCUT2D eigenvalue weighted by molar-refractivity contribution is 8.01. The molecule has 0 saturated carbocycles. The number of β-lactam (4-membered cyclic amide) rings is 1. The molecule has 1 saturated heterocycles. The number of aryl methyl sites for hydroxylation is 1. The zero-order valence-corrected chi connectivity index (χ0v) is 14.6. The summed E-state index contributed by atoms with van der Waals surface area (Å²) in [6.07, 6.45) is -0.980. The first-order valence-electron chi connectivity index (χ1n) is 7.10. The van der Waals surface area contributed by atoms with E-state index in [1.807, 2.05) is 6.92 Å². The molecule has 0 aromatic carbocycles. The number of fused-ring (bicyclic) bond motifs is 1. The zero-order chi connectivity index (χ0) is 17.5. The lowest BCUT2D eigenvalue weighted by Crippen LogP contribution is -2.77. The second-order valence-corrected chi connectivity index (χ2v) is 7.39. The van der Waals surface area contributed by atoms with Crippen LogP contribution in [0.3, 0.4) is 0 Å². The Morgan fingerprint density at radius 2 is 2.38 bits per heavy atom. The maximum Gasteiger partial charge on any atom is 0.512 e. The predicted octanol–water partition coefficient (Wildman–Crippen LogP) is 0.231. The molecule has 1 aromatic heterocycles. The van der Waals surface area contributed by atoms with Gasteiger partial charge in [-0.1, -0.05) is 18.7 Å². The molecular formula is C12H16N6O4S2. The van der Waals surface area contributed by atoms with Crippen molar-refractivity contribution in [2.45, 2.75) is 29.4 Å². The van der Waals surface area contributed by atoms with Crippen LogP contribution in [0.15, 0.2) is 16.6 Å². The number of hydrogen-bond donors (Lipinski definition) is 2. The Morgan fingerprint density at radius 1 is 1.62 bits per heavy atom. The highest BCUT2D eigenvalue weighted by Gasteiger charge is 2.61. The van der Waals surface area contributed by atoms with Crippen molar-refractivity contribution in [1.29, 1.82) is 0 Å². The van der Waals surface area contributed by atoms with Crippen LogP contribution >= 0.6 is 23.5 Å². The fourth-order valence-corrected chi connectivity index (χ4v) is 5.03. The van der Waals surface area contributed by atoms with Crippen LogP contribution in [0.2, 0.25) is 0 Å². The minimum absolute atomic E-state index is 0.0633. The maximum absolute atomic E-state index is 12.4. The third-order valence-electron chi connectivity index (χ3n) is 3.95. The molecule has 2 aliphatic rings. The second kappa shape index (κ2) is 6.26. The van der Waals surface area contributed by atoms with Crippen molar-refractivity contribution >= 4 is 35.6 Å². The van der Waals surface area contributed by atoms with Gasteiger partial charge in [-0.3, -0.25) is 9.69 Å². The smallest absolute Gasteiger partial charge is 0.449 e. The molecule has 1 amide bonds. The number of thioether (sulfide) groups is 2. The van der Waals surface area contributed by atoms with Gasteiger partial charge in [0.05, 0.1) is 0 Å². The van der Waals surface area contributed by atoms with Gasteiger partial charge < -0.3 is 15.6 Å². The number of aromatic nitrogens is 4. The number of carboxylic acid groups (broad SMARTS) is 1. The Labute approximate surface area is 145 Å². The van der Waals surface area contributed by atoms with Gasteiger partial charge in [0.2, 0.25) is 11.0 Å². The van der Waals surface area contributed by atoms with Gasteiger partial charge in [-0.15, -0.1) is 16.9 Å². The maximum atomic E-state index is 12.4. The molecule has 24 heavy (non-hydrogen) atoms. The molecule has 1 fully saturated rings. The van der Waals surface area contributed by atoms with Crippen molar-refractivity contribution in [3.05, 3.63) is 11.5 Å². The van der Waals surface area contributed by atoms with Crippen LogP contribution in [-0.4, -0.2) is 64.7 Å². The van der Waals surface area contributed by atoms with Gasteiger partial charge in [0.1, 0.15) is 10.9 Å². The van der Waals surface area contributed by atoms with Crippen molar-refractivity contribution in [1.82, 2.24) is 25.1 Å². The Kier molecular flexibility index (Phi) is 4.44. The van der Waals surface area contributed by atoms with Crippen LogP contribution in [0.4, 0.5) is 4.79 Å². The van der Waals surface area contributed by atoms with Crippen LogP contribution in [0.25, 0.3) is 0 Å². The van der Waals surface area contributed by atoms with Gasteiger partial charge in [-0.25, -0.2) is 9.48 Å². The monoisotopic (exact) mass is 372 g/mol. The number of hydrogen-bond acceptors (Lipinski definition) is 9. The number of carbonyl (C=O) groups excluding carboxylic acids is 1. The molecule has 130 valence electrons. The number of rotatable bonds is 5. The first-order chi connectivity index (χ1) is 11.4. The molecule has 0 spiro atoms. The van der Waals surface area contributed by atoms with Gasteiger partial charge in [0, 0.05) is 24.1 Å². The summed E-state index contributed by atoms with van der Waals surface area (Å²) in [6, 6.07) is 0. The summed E-state index contributed by atoms with van der Waals surface area (Å²) in [6.45, 7) is 1.84. The molecule has 2 atom stereocenters. The summed E-state index contributed by atoms with van der Waals surface area (Å²) in [5, 5.41) is 20.4. The van der Waals surface area contributed by atoms with Crippen LogP contribution in [0.1, 0.15) is 13.3 Å². The number of amides is 1. The van der Waals surface area contributed by atoms with Crippen molar-refractivity contribution in [2.24, 2.45) is 12.8 Å². The quantitative estimate of drug-likeness (QED) is 0.420. The molecule has 0 radical (unpaired) electrons. The molecule has 10 nitrogen and oxygen atoms in total. The normalized spacial score (nSPS) is 26.2. The van der Waals surface area contributed by atoms with Crippen molar-refractivity contribution in [3.63, 3.8) is 0 Å². The number of tetrazole rings is 1. The van der Waals surface area contributed by atoms with Gasteiger partial charge in [0.15, 0.2) is 0 Å². The molecule has 3 N–H and O–H groups in total. The van der Waals surface area contributed by atoms with Crippen LogP contribution in [0, 0.1) is 0 Å². The average molecular weight is 372 g/mol. The molecule has 3 heterocycles. The molecule has 2 aliphatic heterocycles. The van der Waals surface area contributed by atoms with Crippen LogP contribution in [-0.2, 0) is 16.6 Å². The summed E-state index contributed by atoms with van der Waals surface area (Å²) in [5.74, 6) is 0.674. The van der Waals surface area contributed by atoms with Gasteiger partial charge in [-0.2, -0.15) is 0 Å². The van der Waals surface area contributed by atoms with Gasteiger partial charge >= 0.3 is 6.16 Å². The van der Waals surface area contributed by atoms with E-state index < -0.39 is 11.7 Å². The molecule has 0 aliphatic carbocycles. The summed E-state index contributed by atoms with van der Waals surface area (Å²) in [4.78, 5) is 24.8. The SMILES string of the molecule is CCC1(N)C(=O)N2C(OC(=O)O)=C(CSc3nnnn3C)CS[C@H]21. The van der Waals surface area contributed by atoms with E-state index in [2.05, 4.69) is 15.5 Å². The Balaban J connectivity index is 1.84. The highest BCUT2D eigenvalue weighted by atomic mass is 32.2. The number of nitrogens with zero attached hydrogens (tertiary/aromatic N) is 5. The Morgan fingerprint density at radius 3 is 2.96 bits per heavy atom. The first kappa shape index (κ1) is 17.0. The lowest BCUT2D eigenvalue weighted by Gasteiger charge is -2.55. The van der Waals surface area contributed by atoms with E-state index in [0.717, 1.165) is 0 Å². The number of carbonyl (C=O) groups is 2. The van der Waals surface area contributed by atoms with Crippen molar-refractivity contribution in [3.8, 4) is 0 Å². The Hall–Kier alpha value is -1.79. The van der Waals surface area contributed by atoms with E-state index in [9.17, 15) is 9.59 Å². The van der Waals surface area contributed by atoms with Crippen LogP contribution in [0.5, 0.6) is 0 Å². The molecule has 12 heteroatoms. The van der Waals surface area contributed by atoms with Crippen molar-refractivity contribution in [2.75, 3.05) is 11.5 Å². The van der Waals surface area contributed by atoms with E-state index in [1.165, 1.54) is 33.1 Å². The van der Waals surface area contributed by atoms with Gasteiger partial charge in [0.25, 0.3) is 5.91 Å². The molecule has 1 unspecified atom stereocenters. The molecule has 0 bridgehead atoms. The van der Waals surface area contributed by atoms with Gasteiger partial charge in [-0.05, 0) is 16.8 Å². The zero-order valence-electron chi connectivity index (χ0n) is 13.0. The number of ether oxygens (including phenoxy) is 1. The minimum atomic E-state index is -1.46. The highest BCUT2D eigenvalue weighted by Crippen LogP contribution is 2.47. The average Bonchev–Trinajstić information content (AvgIpc) is 2.96. The summed E-state index contributed by atoms with van der Waals surface area (Å²) < 4.78 is 6.42. The van der Waals surface area contributed by atoms with E-state index in [4.69, 9.17) is 15.6 Å². The van der Waals surface area contributed by atoms with E-state index in [0.29, 0.717) is 28.7 Å². The van der Waals surface area contributed by atoms with E-state index in [-0.39, 0.29) is 17.2 Å². The standard InChI is InChI=1S/C12H16N6O4S2/c1-3-12(13)8(19)18-7(22-11(20)21)6(4-23-9(12)18)5-24-10-14-15-16-17(10)2/h9H,3-5,13H2,1-2H3,(H,20,21)/t9-,12?/m0/s1. The fourth-order valence-electron chi connectivity index (χ4n) is 2.56.